The summed E-state index contributed by atoms with van der Waals surface area (Å²) in [4.78, 5) is 23.1. The predicted molar refractivity (Wildman–Crippen MR) is 81.6 cm³/mol. The lowest BCUT2D eigenvalue weighted by Gasteiger charge is -2.15. The van der Waals surface area contributed by atoms with Gasteiger partial charge in [0.15, 0.2) is 0 Å². The van der Waals surface area contributed by atoms with Crippen LogP contribution in [0.5, 0.6) is 0 Å². The molecular formula is C14H23N4O3+. The second-order valence-electron chi connectivity index (χ2n) is 4.84. The van der Waals surface area contributed by atoms with Gasteiger partial charge in [-0.05, 0) is 26.0 Å². The number of rotatable bonds is 9. The molecule has 0 atom stereocenters. The molecule has 1 aromatic carbocycles. The standard InChI is InChI=1S/C14H22N4O3/c1-3-17(4-2)9-5-8-16-12-7-6-11(14(15)19)10-13(12)18(20)21/h6-7,10,16H,3-5,8-9H2,1-2H3,(H2,15,19)/p+1. The number of benzene rings is 1. The van der Waals surface area contributed by atoms with Crippen molar-refractivity contribution in [3.8, 4) is 0 Å². The molecular weight excluding hydrogens is 272 g/mol. The summed E-state index contributed by atoms with van der Waals surface area (Å²) < 4.78 is 0. The number of quaternary nitrogens is 1. The van der Waals surface area contributed by atoms with Crippen molar-refractivity contribution in [2.45, 2.75) is 20.3 Å². The number of carbonyl (C=O) groups excluding carboxylic acids is 1. The smallest absolute Gasteiger partial charge is 0.293 e. The molecule has 7 heteroatoms. The molecule has 0 heterocycles. The predicted octanol–water partition coefficient (Wildman–Crippen LogP) is 0.420. The summed E-state index contributed by atoms with van der Waals surface area (Å²) in [5, 5.41) is 14.1. The van der Waals surface area contributed by atoms with Gasteiger partial charge in [0.1, 0.15) is 5.69 Å². The molecule has 0 spiro atoms. The number of nitrogens with two attached hydrogens (primary N) is 1. The van der Waals surface area contributed by atoms with Crippen molar-refractivity contribution in [3.05, 3.63) is 33.9 Å². The van der Waals surface area contributed by atoms with E-state index in [9.17, 15) is 14.9 Å². The fraction of sp³-hybridized carbons (Fsp3) is 0.500. The number of anilines is 1. The van der Waals surface area contributed by atoms with Gasteiger partial charge in [-0.3, -0.25) is 14.9 Å². The molecule has 0 unspecified atom stereocenters. The highest BCUT2D eigenvalue weighted by Gasteiger charge is 2.16. The molecule has 0 saturated heterocycles. The lowest BCUT2D eigenvalue weighted by atomic mass is 10.1. The Balaban J connectivity index is 2.66. The van der Waals surface area contributed by atoms with Gasteiger partial charge >= 0.3 is 0 Å². The Hall–Kier alpha value is -2.15. The molecule has 21 heavy (non-hydrogen) atoms. The van der Waals surface area contributed by atoms with Crippen molar-refractivity contribution in [1.29, 1.82) is 0 Å². The zero-order valence-electron chi connectivity index (χ0n) is 12.5. The first-order valence-corrected chi connectivity index (χ1v) is 7.15. The third-order valence-electron chi connectivity index (χ3n) is 3.50. The second kappa shape index (κ2) is 8.21. The van der Waals surface area contributed by atoms with Gasteiger partial charge in [0.2, 0.25) is 5.91 Å². The number of nitro groups is 1. The van der Waals surface area contributed by atoms with E-state index in [0.29, 0.717) is 12.2 Å². The van der Waals surface area contributed by atoms with Crippen LogP contribution in [0.25, 0.3) is 0 Å². The second-order valence-corrected chi connectivity index (χ2v) is 4.84. The number of nitrogens with zero attached hydrogens (tertiary/aromatic N) is 1. The van der Waals surface area contributed by atoms with Gasteiger partial charge in [-0.2, -0.15) is 0 Å². The van der Waals surface area contributed by atoms with Crippen LogP contribution in [0.2, 0.25) is 0 Å². The number of primary amides is 1. The lowest BCUT2D eigenvalue weighted by Crippen LogP contribution is -3.11. The van der Waals surface area contributed by atoms with Gasteiger partial charge in [0.25, 0.3) is 5.69 Å². The molecule has 0 aliphatic heterocycles. The molecule has 0 aliphatic carbocycles. The minimum atomic E-state index is -0.671. The van der Waals surface area contributed by atoms with E-state index in [1.54, 1.807) is 0 Å². The highest BCUT2D eigenvalue weighted by molar-refractivity contribution is 5.94. The van der Waals surface area contributed by atoms with Crippen LogP contribution in [0.4, 0.5) is 11.4 Å². The summed E-state index contributed by atoms with van der Waals surface area (Å²) in [6.07, 6.45) is 0.922. The van der Waals surface area contributed by atoms with E-state index in [-0.39, 0.29) is 11.3 Å². The Morgan fingerprint density at radius 3 is 2.57 bits per heavy atom. The number of hydrogen-bond donors (Lipinski definition) is 3. The van der Waals surface area contributed by atoms with Crippen LogP contribution in [-0.2, 0) is 0 Å². The number of hydrogen-bond acceptors (Lipinski definition) is 4. The van der Waals surface area contributed by atoms with Crippen LogP contribution in [0.15, 0.2) is 18.2 Å². The molecule has 1 rings (SSSR count). The number of nitrogens with one attached hydrogen (secondary N) is 2. The van der Waals surface area contributed by atoms with Crippen molar-refractivity contribution in [2.75, 3.05) is 31.5 Å². The molecule has 0 radical (unpaired) electrons. The van der Waals surface area contributed by atoms with E-state index >= 15 is 0 Å². The Bertz CT molecular complexity index is 501. The Morgan fingerprint density at radius 2 is 2.05 bits per heavy atom. The van der Waals surface area contributed by atoms with E-state index in [1.807, 2.05) is 0 Å². The van der Waals surface area contributed by atoms with Crippen molar-refractivity contribution in [3.63, 3.8) is 0 Å². The normalized spacial score (nSPS) is 10.6. The summed E-state index contributed by atoms with van der Waals surface area (Å²) in [6.45, 7) is 8.10. The molecule has 0 aliphatic rings. The van der Waals surface area contributed by atoms with Crippen molar-refractivity contribution < 1.29 is 14.6 Å². The first-order chi connectivity index (χ1) is 9.99. The van der Waals surface area contributed by atoms with Crippen LogP contribution in [0.3, 0.4) is 0 Å². The van der Waals surface area contributed by atoms with Crippen LogP contribution < -0.4 is 16.0 Å². The maximum atomic E-state index is 11.1. The van der Waals surface area contributed by atoms with E-state index in [2.05, 4.69) is 19.2 Å². The molecule has 7 nitrogen and oxygen atoms in total. The summed E-state index contributed by atoms with van der Waals surface area (Å²) in [7, 11) is 0. The van der Waals surface area contributed by atoms with Crippen molar-refractivity contribution >= 4 is 17.3 Å². The number of carbonyl (C=O) groups is 1. The number of nitro benzene ring substituents is 1. The Morgan fingerprint density at radius 1 is 1.38 bits per heavy atom. The molecule has 4 N–H and O–H groups in total. The summed E-state index contributed by atoms with van der Waals surface area (Å²) in [5.41, 5.74) is 5.57. The molecule has 1 amide bonds. The first kappa shape index (κ1) is 16.9. The fourth-order valence-corrected chi connectivity index (χ4v) is 2.15. The molecule has 1 aromatic rings. The minimum Gasteiger partial charge on any atom is -0.379 e. The first-order valence-electron chi connectivity index (χ1n) is 7.15. The quantitative estimate of drug-likeness (QED) is 0.349. The van der Waals surface area contributed by atoms with E-state index in [1.165, 1.54) is 23.1 Å². The minimum absolute atomic E-state index is 0.124. The van der Waals surface area contributed by atoms with Gasteiger partial charge in [-0.15, -0.1) is 0 Å². The van der Waals surface area contributed by atoms with E-state index in [4.69, 9.17) is 5.73 Å². The van der Waals surface area contributed by atoms with Gasteiger partial charge in [-0.1, -0.05) is 0 Å². The van der Waals surface area contributed by atoms with Crippen molar-refractivity contribution in [1.82, 2.24) is 0 Å². The highest BCUT2D eigenvalue weighted by atomic mass is 16.6. The van der Waals surface area contributed by atoms with Crippen LogP contribution in [0.1, 0.15) is 30.6 Å². The van der Waals surface area contributed by atoms with Crippen LogP contribution in [-0.4, -0.2) is 37.0 Å². The highest BCUT2D eigenvalue weighted by Crippen LogP contribution is 2.25. The zero-order valence-corrected chi connectivity index (χ0v) is 12.5. The van der Waals surface area contributed by atoms with Crippen LogP contribution >= 0.6 is 0 Å². The van der Waals surface area contributed by atoms with Gasteiger partial charge < -0.3 is 16.0 Å². The van der Waals surface area contributed by atoms with Gasteiger partial charge in [0.05, 0.1) is 24.6 Å². The summed E-state index contributed by atoms with van der Waals surface area (Å²) >= 11 is 0. The monoisotopic (exact) mass is 295 g/mol. The third kappa shape index (κ3) is 5.03. The summed E-state index contributed by atoms with van der Waals surface area (Å²) in [6, 6.07) is 4.23. The Kier molecular flexibility index (Phi) is 6.61. The van der Waals surface area contributed by atoms with E-state index in [0.717, 1.165) is 26.1 Å². The molecule has 0 saturated carbocycles. The van der Waals surface area contributed by atoms with Crippen LogP contribution in [0, 0.1) is 10.1 Å². The average Bonchev–Trinajstić information content (AvgIpc) is 2.47. The SMILES string of the molecule is CC[NH+](CC)CCCNc1ccc(C(N)=O)cc1[N+](=O)[O-]. The topological polar surface area (TPSA) is 103 Å². The van der Waals surface area contributed by atoms with E-state index < -0.39 is 10.8 Å². The average molecular weight is 295 g/mol. The molecule has 0 fully saturated rings. The lowest BCUT2D eigenvalue weighted by molar-refractivity contribution is -0.896. The molecule has 116 valence electrons. The third-order valence-corrected chi connectivity index (χ3v) is 3.50. The number of amides is 1. The van der Waals surface area contributed by atoms with Crippen molar-refractivity contribution in [2.24, 2.45) is 5.73 Å². The molecule has 0 bridgehead atoms. The molecule has 0 aromatic heterocycles. The van der Waals surface area contributed by atoms with Gasteiger partial charge in [-0.25, -0.2) is 0 Å². The summed E-state index contributed by atoms with van der Waals surface area (Å²) in [5.74, 6) is -0.671. The largest absolute Gasteiger partial charge is 0.379 e. The van der Waals surface area contributed by atoms with Gasteiger partial charge in [0, 0.05) is 24.6 Å². The maximum absolute atomic E-state index is 11.1. The Labute approximate surface area is 124 Å². The maximum Gasteiger partial charge on any atom is 0.293 e. The fourth-order valence-electron chi connectivity index (χ4n) is 2.15. The zero-order chi connectivity index (χ0) is 15.8.